The van der Waals surface area contributed by atoms with E-state index in [-0.39, 0.29) is 17.6 Å². The molecule has 4 rings (SSSR count). The second-order valence-corrected chi connectivity index (χ2v) is 10.0. The van der Waals surface area contributed by atoms with Crippen LogP contribution >= 0.6 is 0 Å². The molecule has 2 aliphatic rings. The van der Waals surface area contributed by atoms with Crippen molar-refractivity contribution in [3.8, 4) is 0 Å². The minimum atomic E-state index is -3.33. The molecule has 0 atom stereocenters. The smallest absolute Gasteiger partial charge is 0.255 e. The summed E-state index contributed by atoms with van der Waals surface area (Å²) in [6.45, 7) is 2.64. The van der Waals surface area contributed by atoms with E-state index in [4.69, 9.17) is 0 Å². The van der Waals surface area contributed by atoms with Crippen LogP contribution in [0.25, 0.3) is 0 Å². The zero-order valence-electron chi connectivity index (χ0n) is 17.4. The molecule has 2 heterocycles. The number of benzene rings is 2. The van der Waals surface area contributed by atoms with Gasteiger partial charge in [-0.25, -0.2) is 12.7 Å². The van der Waals surface area contributed by atoms with E-state index >= 15 is 0 Å². The molecule has 164 valence electrons. The molecule has 2 aromatic rings. The lowest BCUT2D eigenvalue weighted by Crippen LogP contribution is -2.29. The monoisotopic (exact) mass is 441 g/mol. The highest BCUT2D eigenvalue weighted by atomic mass is 32.2. The lowest BCUT2D eigenvalue weighted by molar-refractivity contribution is 0.0794. The van der Waals surface area contributed by atoms with Gasteiger partial charge in [0.1, 0.15) is 0 Å². The molecule has 2 aromatic carbocycles. The summed E-state index contributed by atoms with van der Waals surface area (Å²) in [4.78, 5) is 27.3. The summed E-state index contributed by atoms with van der Waals surface area (Å²) < 4.78 is 26.5. The molecule has 7 nitrogen and oxygen atoms in total. The van der Waals surface area contributed by atoms with E-state index in [1.165, 1.54) is 4.31 Å². The van der Waals surface area contributed by atoms with Gasteiger partial charge < -0.3 is 10.2 Å². The van der Waals surface area contributed by atoms with Crippen molar-refractivity contribution in [3.63, 3.8) is 0 Å². The Kier molecular flexibility index (Phi) is 6.38. The highest BCUT2D eigenvalue weighted by Gasteiger charge is 2.26. The Morgan fingerprint density at radius 1 is 0.839 bits per heavy atom. The van der Waals surface area contributed by atoms with Crippen LogP contribution in [0.15, 0.2) is 48.5 Å². The number of anilines is 1. The van der Waals surface area contributed by atoms with Gasteiger partial charge in [0.15, 0.2) is 0 Å². The molecule has 8 heteroatoms. The first-order valence-corrected chi connectivity index (χ1v) is 12.3. The Hall–Kier alpha value is -2.71. The fourth-order valence-electron chi connectivity index (χ4n) is 4.08. The first kappa shape index (κ1) is 21.5. The standard InChI is InChI=1S/C23H27N3O4S/c27-22(24-21-8-2-1-7-20(21)23(28)25-13-3-4-14-25)19-11-9-18(10-12-19)17-31(29,30)26-15-5-6-16-26/h1-2,7-12H,3-6,13-17H2,(H,24,27). The second kappa shape index (κ2) is 9.20. The van der Waals surface area contributed by atoms with Gasteiger partial charge in [-0.2, -0.15) is 0 Å². The highest BCUT2D eigenvalue weighted by molar-refractivity contribution is 7.88. The van der Waals surface area contributed by atoms with Crippen molar-refractivity contribution in [1.82, 2.24) is 9.21 Å². The average Bonchev–Trinajstić information content (AvgIpc) is 3.48. The number of rotatable bonds is 6. The Morgan fingerprint density at radius 3 is 2.13 bits per heavy atom. The Balaban J connectivity index is 1.44. The van der Waals surface area contributed by atoms with E-state index in [2.05, 4.69) is 5.32 Å². The lowest BCUT2D eigenvalue weighted by atomic mass is 10.1. The van der Waals surface area contributed by atoms with Crippen LogP contribution in [-0.2, 0) is 15.8 Å². The van der Waals surface area contributed by atoms with Crippen LogP contribution in [-0.4, -0.2) is 55.6 Å². The van der Waals surface area contributed by atoms with Crippen molar-refractivity contribution in [3.05, 3.63) is 65.2 Å². The Morgan fingerprint density at radius 2 is 1.45 bits per heavy atom. The fourth-order valence-corrected chi connectivity index (χ4v) is 5.69. The van der Waals surface area contributed by atoms with Crippen LogP contribution in [0.1, 0.15) is 52.0 Å². The van der Waals surface area contributed by atoms with Gasteiger partial charge in [-0.05, 0) is 55.5 Å². The maximum atomic E-state index is 12.8. The van der Waals surface area contributed by atoms with Crippen molar-refractivity contribution in [2.24, 2.45) is 0 Å². The fraction of sp³-hybridized carbons (Fsp3) is 0.391. The van der Waals surface area contributed by atoms with Crippen LogP contribution in [0, 0.1) is 0 Å². The van der Waals surface area contributed by atoms with Gasteiger partial charge in [0.05, 0.1) is 17.0 Å². The molecule has 31 heavy (non-hydrogen) atoms. The number of hydrogen-bond donors (Lipinski definition) is 1. The summed E-state index contributed by atoms with van der Waals surface area (Å²) in [7, 11) is -3.33. The number of carbonyl (C=O) groups is 2. The van der Waals surface area contributed by atoms with Crippen molar-refractivity contribution in [2.45, 2.75) is 31.4 Å². The van der Waals surface area contributed by atoms with Crippen LogP contribution in [0.5, 0.6) is 0 Å². The summed E-state index contributed by atoms with van der Waals surface area (Å²) in [5.74, 6) is -0.478. The van der Waals surface area contributed by atoms with Gasteiger partial charge in [0.25, 0.3) is 11.8 Å². The number of hydrogen-bond acceptors (Lipinski definition) is 4. The molecule has 2 aliphatic heterocycles. The molecule has 0 bridgehead atoms. The maximum absolute atomic E-state index is 12.8. The minimum Gasteiger partial charge on any atom is -0.339 e. The molecule has 2 fully saturated rings. The number of carbonyl (C=O) groups excluding carboxylic acids is 2. The minimum absolute atomic E-state index is 0.0674. The number of para-hydroxylation sites is 1. The van der Waals surface area contributed by atoms with Crippen molar-refractivity contribution >= 4 is 27.5 Å². The molecule has 0 unspecified atom stereocenters. The van der Waals surface area contributed by atoms with Crippen LogP contribution in [0.2, 0.25) is 0 Å². The number of nitrogens with zero attached hydrogens (tertiary/aromatic N) is 2. The SMILES string of the molecule is O=C(Nc1ccccc1C(=O)N1CCCC1)c1ccc(CS(=O)(=O)N2CCCC2)cc1. The topological polar surface area (TPSA) is 86.8 Å². The van der Waals surface area contributed by atoms with Crippen LogP contribution in [0.4, 0.5) is 5.69 Å². The van der Waals surface area contributed by atoms with E-state index in [0.717, 1.165) is 38.8 Å². The molecule has 0 saturated carbocycles. The molecule has 0 aromatic heterocycles. The van der Waals surface area contributed by atoms with Crippen molar-refractivity contribution in [2.75, 3.05) is 31.5 Å². The van der Waals surface area contributed by atoms with E-state index in [1.54, 1.807) is 53.4 Å². The Bertz CT molecular complexity index is 1050. The number of amides is 2. The van der Waals surface area contributed by atoms with Gasteiger partial charge in [-0.3, -0.25) is 9.59 Å². The predicted molar refractivity (Wildman–Crippen MR) is 119 cm³/mol. The summed E-state index contributed by atoms with van der Waals surface area (Å²) in [6, 6.07) is 13.6. The molecular weight excluding hydrogens is 414 g/mol. The zero-order valence-corrected chi connectivity index (χ0v) is 18.2. The number of nitrogens with one attached hydrogen (secondary N) is 1. The largest absolute Gasteiger partial charge is 0.339 e. The van der Waals surface area contributed by atoms with E-state index in [0.29, 0.717) is 35.5 Å². The van der Waals surface area contributed by atoms with E-state index in [1.807, 2.05) is 0 Å². The maximum Gasteiger partial charge on any atom is 0.255 e. The Labute approximate surface area is 183 Å². The van der Waals surface area contributed by atoms with E-state index < -0.39 is 10.0 Å². The number of likely N-dealkylation sites (tertiary alicyclic amines) is 1. The summed E-state index contributed by atoms with van der Waals surface area (Å²) >= 11 is 0. The highest BCUT2D eigenvalue weighted by Crippen LogP contribution is 2.22. The third kappa shape index (κ3) is 4.97. The quantitative estimate of drug-likeness (QED) is 0.746. The number of sulfonamides is 1. The first-order chi connectivity index (χ1) is 14.9. The molecule has 0 aliphatic carbocycles. The molecule has 2 saturated heterocycles. The third-order valence-electron chi connectivity index (χ3n) is 5.82. The van der Waals surface area contributed by atoms with Gasteiger partial charge >= 0.3 is 0 Å². The van der Waals surface area contributed by atoms with Crippen LogP contribution < -0.4 is 5.32 Å². The first-order valence-electron chi connectivity index (χ1n) is 10.7. The predicted octanol–water partition coefficient (Wildman–Crippen LogP) is 3.10. The summed E-state index contributed by atoms with van der Waals surface area (Å²) in [5.41, 5.74) is 2.01. The normalized spacial score (nSPS) is 17.1. The average molecular weight is 442 g/mol. The van der Waals surface area contributed by atoms with Crippen molar-refractivity contribution < 1.29 is 18.0 Å². The van der Waals surface area contributed by atoms with E-state index in [9.17, 15) is 18.0 Å². The second-order valence-electron chi connectivity index (χ2n) is 8.06. The van der Waals surface area contributed by atoms with Gasteiger partial charge in [-0.15, -0.1) is 0 Å². The zero-order chi connectivity index (χ0) is 21.8. The molecule has 1 N–H and O–H groups in total. The van der Waals surface area contributed by atoms with Gasteiger partial charge in [-0.1, -0.05) is 24.3 Å². The molecule has 0 radical (unpaired) electrons. The van der Waals surface area contributed by atoms with Crippen LogP contribution in [0.3, 0.4) is 0 Å². The lowest BCUT2D eigenvalue weighted by Gasteiger charge is -2.18. The third-order valence-corrected chi connectivity index (χ3v) is 7.67. The molecule has 2 amide bonds. The molecule has 0 spiro atoms. The van der Waals surface area contributed by atoms with Gasteiger partial charge in [0, 0.05) is 31.7 Å². The summed E-state index contributed by atoms with van der Waals surface area (Å²) in [6.07, 6.45) is 3.81. The summed E-state index contributed by atoms with van der Waals surface area (Å²) in [5, 5.41) is 2.83. The van der Waals surface area contributed by atoms with Crippen molar-refractivity contribution in [1.29, 1.82) is 0 Å². The molecular formula is C23H27N3O4S. The van der Waals surface area contributed by atoms with Gasteiger partial charge in [0.2, 0.25) is 10.0 Å².